The van der Waals surface area contributed by atoms with Gasteiger partial charge >= 0.3 is 11.9 Å². The smallest absolute Gasteiger partial charge is 0.338 e. The van der Waals surface area contributed by atoms with Gasteiger partial charge in [-0.3, -0.25) is 4.79 Å². The Morgan fingerprint density at radius 1 is 1.25 bits per heavy atom. The van der Waals surface area contributed by atoms with Gasteiger partial charge in [0.15, 0.2) is 0 Å². The Kier molecular flexibility index (Phi) is 9.21. The highest BCUT2D eigenvalue weighted by molar-refractivity contribution is 5.89. The summed E-state index contributed by atoms with van der Waals surface area (Å²) in [5, 5.41) is 0. The monoisotopic (exact) mass is 388 g/mol. The molecule has 0 saturated heterocycles. The number of hydrogen-bond acceptors (Lipinski definition) is 5. The van der Waals surface area contributed by atoms with Crippen LogP contribution in [0.25, 0.3) is 0 Å². The van der Waals surface area contributed by atoms with E-state index in [1.54, 1.807) is 24.3 Å². The largest absolute Gasteiger partial charge is 0.469 e. The lowest BCUT2D eigenvalue weighted by Crippen LogP contribution is -2.30. The molecule has 0 N–H and O–H groups in total. The molecule has 5 heteroatoms. The van der Waals surface area contributed by atoms with Crippen LogP contribution in [0.15, 0.2) is 42.0 Å². The number of ether oxygens (including phenoxy) is 3. The van der Waals surface area contributed by atoms with Crippen LogP contribution in [-0.2, 0) is 19.0 Å². The highest BCUT2D eigenvalue weighted by atomic mass is 16.5. The van der Waals surface area contributed by atoms with Gasteiger partial charge in [-0.2, -0.15) is 0 Å². The van der Waals surface area contributed by atoms with E-state index in [2.05, 4.69) is 19.9 Å². The molecule has 28 heavy (non-hydrogen) atoms. The minimum atomic E-state index is -0.382. The summed E-state index contributed by atoms with van der Waals surface area (Å²) in [6.07, 6.45) is 6.66. The van der Waals surface area contributed by atoms with Gasteiger partial charge in [0.25, 0.3) is 0 Å². The maximum atomic E-state index is 12.2. The average molecular weight is 389 g/mol. The van der Waals surface area contributed by atoms with Crippen LogP contribution in [0.3, 0.4) is 0 Å². The lowest BCUT2D eigenvalue weighted by molar-refractivity contribution is -0.147. The van der Waals surface area contributed by atoms with Gasteiger partial charge in [-0.1, -0.05) is 44.0 Å². The molecule has 2 rings (SSSR count). The SMILES string of the molecule is CCCCC1C=C(C)C(CC(CCOC(=O)c2ccccc2)C(=O)OC)OC1. The van der Waals surface area contributed by atoms with Gasteiger partial charge in [-0.25, -0.2) is 4.79 Å². The van der Waals surface area contributed by atoms with Crippen molar-refractivity contribution in [2.45, 2.75) is 52.1 Å². The number of methoxy groups -OCH3 is 1. The number of benzene rings is 1. The number of carbonyl (C=O) groups excluding carboxylic acids is 2. The van der Waals surface area contributed by atoms with Crippen LogP contribution in [0.2, 0.25) is 0 Å². The zero-order valence-corrected chi connectivity index (χ0v) is 17.2. The molecule has 0 bridgehead atoms. The van der Waals surface area contributed by atoms with E-state index in [0.29, 0.717) is 30.9 Å². The summed E-state index contributed by atoms with van der Waals surface area (Å²) >= 11 is 0. The van der Waals surface area contributed by atoms with E-state index in [1.165, 1.54) is 25.5 Å². The highest BCUT2D eigenvalue weighted by Gasteiger charge is 2.28. The summed E-state index contributed by atoms with van der Waals surface area (Å²) in [6.45, 7) is 5.11. The van der Waals surface area contributed by atoms with Crippen molar-refractivity contribution in [2.75, 3.05) is 20.3 Å². The summed E-state index contributed by atoms with van der Waals surface area (Å²) < 4.78 is 16.3. The third-order valence-corrected chi connectivity index (χ3v) is 5.19. The van der Waals surface area contributed by atoms with E-state index in [0.717, 1.165) is 6.42 Å². The Balaban J connectivity index is 1.88. The van der Waals surface area contributed by atoms with Gasteiger partial charge in [0.2, 0.25) is 0 Å². The van der Waals surface area contributed by atoms with Crippen molar-refractivity contribution in [2.24, 2.45) is 11.8 Å². The normalized spacial score (nSPS) is 20.2. The first-order valence-corrected chi connectivity index (χ1v) is 10.1. The van der Waals surface area contributed by atoms with E-state index in [4.69, 9.17) is 14.2 Å². The first-order valence-electron chi connectivity index (χ1n) is 10.1. The molecular formula is C23H32O5. The van der Waals surface area contributed by atoms with Crippen LogP contribution < -0.4 is 0 Å². The van der Waals surface area contributed by atoms with E-state index < -0.39 is 0 Å². The molecule has 1 aromatic carbocycles. The molecule has 0 radical (unpaired) electrons. The average Bonchev–Trinajstić information content (AvgIpc) is 2.72. The molecule has 154 valence electrons. The lowest BCUT2D eigenvalue weighted by Gasteiger charge is -2.30. The van der Waals surface area contributed by atoms with Crippen LogP contribution in [-0.4, -0.2) is 38.4 Å². The predicted molar refractivity (Wildman–Crippen MR) is 108 cm³/mol. The Morgan fingerprint density at radius 3 is 2.64 bits per heavy atom. The second-order valence-corrected chi connectivity index (χ2v) is 7.38. The molecule has 0 fully saturated rings. The Bertz CT molecular complexity index is 652. The molecule has 1 heterocycles. The van der Waals surface area contributed by atoms with Gasteiger partial charge in [0.1, 0.15) is 0 Å². The number of unbranched alkanes of at least 4 members (excludes halogenated alkanes) is 1. The molecule has 0 spiro atoms. The topological polar surface area (TPSA) is 61.8 Å². The van der Waals surface area contributed by atoms with Crippen molar-refractivity contribution in [3.8, 4) is 0 Å². The standard InChI is InChI=1S/C23H32O5/c1-4-5-9-18-14-17(2)21(28-16-18)15-20(22(24)26-3)12-13-27-23(25)19-10-7-6-8-11-19/h6-8,10-11,14,18,20-21H,4-5,9,12-13,15-16H2,1-3H3. The molecular weight excluding hydrogens is 356 g/mol. The maximum absolute atomic E-state index is 12.2. The zero-order chi connectivity index (χ0) is 20.4. The first-order chi connectivity index (χ1) is 13.5. The van der Waals surface area contributed by atoms with Crippen molar-refractivity contribution < 1.29 is 23.8 Å². The highest BCUT2D eigenvalue weighted by Crippen LogP contribution is 2.27. The summed E-state index contributed by atoms with van der Waals surface area (Å²) in [4.78, 5) is 24.3. The van der Waals surface area contributed by atoms with Crippen molar-refractivity contribution in [1.29, 1.82) is 0 Å². The van der Waals surface area contributed by atoms with Crippen LogP contribution in [0, 0.1) is 11.8 Å². The second-order valence-electron chi connectivity index (χ2n) is 7.38. The Hall–Kier alpha value is -2.14. The fourth-order valence-corrected chi connectivity index (χ4v) is 3.49. The predicted octanol–water partition coefficient (Wildman–Crippen LogP) is 4.56. The Morgan fingerprint density at radius 2 is 2.00 bits per heavy atom. The quantitative estimate of drug-likeness (QED) is 0.434. The Labute approximate surface area is 168 Å². The molecule has 0 amide bonds. The summed E-state index contributed by atoms with van der Waals surface area (Å²) in [7, 11) is 1.39. The molecule has 1 aromatic rings. The fraction of sp³-hybridized carbons (Fsp3) is 0.565. The number of hydrogen-bond donors (Lipinski definition) is 0. The first kappa shape index (κ1) is 22.2. The van der Waals surface area contributed by atoms with E-state index >= 15 is 0 Å². The van der Waals surface area contributed by atoms with Crippen molar-refractivity contribution in [3.63, 3.8) is 0 Å². The molecule has 0 saturated carbocycles. The molecule has 1 aliphatic heterocycles. The molecule has 3 unspecified atom stereocenters. The van der Waals surface area contributed by atoms with E-state index in [-0.39, 0.29) is 30.6 Å². The van der Waals surface area contributed by atoms with Gasteiger partial charge in [0.05, 0.1) is 37.9 Å². The van der Waals surface area contributed by atoms with Crippen LogP contribution in [0.5, 0.6) is 0 Å². The number of rotatable bonds is 10. The fourth-order valence-electron chi connectivity index (χ4n) is 3.49. The van der Waals surface area contributed by atoms with Gasteiger partial charge in [-0.15, -0.1) is 0 Å². The van der Waals surface area contributed by atoms with Crippen molar-refractivity contribution in [3.05, 3.63) is 47.5 Å². The van der Waals surface area contributed by atoms with Crippen LogP contribution in [0.4, 0.5) is 0 Å². The third-order valence-electron chi connectivity index (χ3n) is 5.19. The van der Waals surface area contributed by atoms with Crippen molar-refractivity contribution >= 4 is 11.9 Å². The van der Waals surface area contributed by atoms with Gasteiger partial charge in [-0.05, 0) is 43.9 Å². The minimum absolute atomic E-state index is 0.0909. The zero-order valence-electron chi connectivity index (χ0n) is 17.2. The van der Waals surface area contributed by atoms with Crippen LogP contribution >= 0.6 is 0 Å². The summed E-state index contributed by atoms with van der Waals surface area (Å²) in [5.74, 6) is -0.582. The molecule has 3 atom stereocenters. The van der Waals surface area contributed by atoms with Gasteiger partial charge in [0, 0.05) is 5.92 Å². The molecule has 0 aromatic heterocycles. The maximum Gasteiger partial charge on any atom is 0.338 e. The summed E-state index contributed by atoms with van der Waals surface area (Å²) in [5.41, 5.74) is 1.67. The van der Waals surface area contributed by atoms with Crippen LogP contribution in [0.1, 0.15) is 56.3 Å². The third kappa shape index (κ3) is 6.79. The number of carbonyl (C=O) groups is 2. The van der Waals surface area contributed by atoms with E-state index in [1.807, 2.05) is 6.07 Å². The van der Waals surface area contributed by atoms with E-state index in [9.17, 15) is 9.59 Å². The second kappa shape index (κ2) is 11.6. The molecule has 0 aliphatic carbocycles. The van der Waals surface area contributed by atoms with Gasteiger partial charge < -0.3 is 14.2 Å². The molecule has 5 nitrogen and oxygen atoms in total. The number of esters is 2. The summed E-state index contributed by atoms with van der Waals surface area (Å²) in [6, 6.07) is 8.84. The molecule has 1 aliphatic rings. The van der Waals surface area contributed by atoms with Crippen molar-refractivity contribution in [1.82, 2.24) is 0 Å². The lowest BCUT2D eigenvalue weighted by atomic mass is 9.90. The minimum Gasteiger partial charge on any atom is -0.469 e.